The van der Waals surface area contributed by atoms with E-state index in [9.17, 15) is 4.79 Å². The van der Waals surface area contributed by atoms with E-state index in [4.69, 9.17) is 4.74 Å². The molecule has 1 aliphatic carbocycles. The first-order valence-electron chi connectivity index (χ1n) is 7.25. The molecule has 2 atom stereocenters. The van der Waals surface area contributed by atoms with Crippen LogP contribution in [0.25, 0.3) is 0 Å². The summed E-state index contributed by atoms with van der Waals surface area (Å²) in [4.78, 5) is 14.4. The van der Waals surface area contributed by atoms with Crippen molar-refractivity contribution in [1.82, 2.24) is 10.2 Å². The minimum absolute atomic E-state index is 0.0387. The number of ether oxygens (including phenoxy) is 1. The minimum atomic E-state index is -0.0387. The first-order valence-corrected chi connectivity index (χ1v) is 7.25. The molecule has 2 fully saturated rings. The summed E-state index contributed by atoms with van der Waals surface area (Å²) in [5, 5.41) is 3.28. The third kappa shape index (κ3) is 3.23. The van der Waals surface area contributed by atoms with Gasteiger partial charge in [-0.1, -0.05) is 25.7 Å². The van der Waals surface area contributed by atoms with Gasteiger partial charge in [0.25, 0.3) is 0 Å². The second-order valence-corrected chi connectivity index (χ2v) is 5.65. The molecule has 0 spiro atoms. The molecule has 0 aromatic carbocycles. The lowest BCUT2D eigenvalue weighted by Gasteiger charge is -2.29. The Bertz CT molecular complexity index is 275. The quantitative estimate of drug-likeness (QED) is 0.777. The van der Waals surface area contributed by atoms with E-state index in [2.05, 4.69) is 5.32 Å². The predicted molar refractivity (Wildman–Crippen MR) is 71.5 cm³/mol. The Kier molecular flexibility index (Phi) is 5.01. The number of nitrogens with zero attached hydrogens (tertiary/aromatic N) is 1. The third-order valence-electron chi connectivity index (χ3n) is 4.44. The van der Waals surface area contributed by atoms with E-state index in [-0.39, 0.29) is 18.1 Å². The molecule has 1 aliphatic heterocycles. The number of carbonyl (C=O) groups is 1. The molecular weight excluding hydrogens is 228 g/mol. The van der Waals surface area contributed by atoms with E-state index < -0.39 is 0 Å². The second-order valence-electron chi connectivity index (χ2n) is 5.65. The molecule has 2 rings (SSSR count). The second kappa shape index (κ2) is 6.53. The number of rotatable bonds is 3. The number of likely N-dealkylation sites (N-methyl/N-ethyl adjacent to an activating group) is 1. The van der Waals surface area contributed by atoms with Crippen molar-refractivity contribution >= 4 is 5.91 Å². The van der Waals surface area contributed by atoms with Crippen LogP contribution >= 0.6 is 0 Å². The molecule has 0 aromatic heterocycles. The van der Waals surface area contributed by atoms with Gasteiger partial charge in [-0.05, 0) is 19.3 Å². The normalized spacial score (nSPS) is 30.1. The lowest BCUT2D eigenvalue weighted by Crippen LogP contribution is -2.46. The zero-order valence-electron chi connectivity index (χ0n) is 11.7. The molecule has 2 unspecified atom stereocenters. The molecule has 4 nitrogen and oxygen atoms in total. The van der Waals surface area contributed by atoms with Gasteiger partial charge >= 0.3 is 0 Å². The molecule has 1 N–H and O–H groups in total. The number of carbonyl (C=O) groups excluding carboxylic acids is 1. The number of hydrogen-bond donors (Lipinski definition) is 1. The summed E-state index contributed by atoms with van der Waals surface area (Å²) in [6.45, 7) is 0.797. The molecule has 1 heterocycles. The Hall–Kier alpha value is -0.610. The highest BCUT2D eigenvalue weighted by Gasteiger charge is 2.33. The number of hydrogen-bond acceptors (Lipinski definition) is 3. The molecular formula is C14H26N2O2. The Labute approximate surface area is 110 Å². The van der Waals surface area contributed by atoms with E-state index in [1.165, 1.54) is 38.5 Å². The van der Waals surface area contributed by atoms with Gasteiger partial charge in [-0.25, -0.2) is 0 Å². The van der Waals surface area contributed by atoms with Crippen LogP contribution in [0, 0.1) is 0 Å². The first-order chi connectivity index (χ1) is 8.72. The van der Waals surface area contributed by atoms with E-state index in [1.54, 1.807) is 7.11 Å². The molecule has 18 heavy (non-hydrogen) atoms. The van der Waals surface area contributed by atoms with Crippen molar-refractivity contribution in [2.24, 2.45) is 0 Å². The van der Waals surface area contributed by atoms with Gasteiger partial charge in [-0.3, -0.25) is 4.79 Å². The van der Waals surface area contributed by atoms with Crippen molar-refractivity contribution < 1.29 is 9.53 Å². The van der Waals surface area contributed by atoms with Gasteiger partial charge in [0.15, 0.2) is 0 Å². The van der Waals surface area contributed by atoms with Crippen molar-refractivity contribution in [1.29, 1.82) is 0 Å². The van der Waals surface area contributed by atoms with Crippen molar-refractivity contribution in [2.45, 2.75) is 63.1 Å². The zero-order valence-corrected chi connectivity index (χ0v) is 11.7. The highest BCUT2D eigenvalue weighted by atomic mass is 16.5. The average molecular weight is 254 g/mol. The fraction of sp³-hybridized carbons (Fsp3) is 0.929. The lowest BCUT2D eigenvalue weighted by molar-refractivity contribution is -0.134. The van der Waals surface area contributed by atoms with Crippen molar-refractivity contribution in [3.63, 3.8) is 0 Å². The van der Waals surface area contributed by atoms with E-state index in [0.29, 0.717) is 6.04 Å². The van der Waals surface area contributed by atoms with Crippen molar-refractivity contribution in [2.75, 3.05) is 20.7 Å². The zero-order chi connectivity index (χ0) is 13.0. The number of methoxy groups -OCH3 is 1. The number of amides is 1. The topological polar surface area (TPSA) is 41.6 Å². The van der Waals surface area contributed by atoms with Gasteiger partial charge in [0, 0.05) is 26.7 Å². The Morgan fingerprint density at radius 2 is 1.89 bits per heavy atom. The molecule has 0 bridgehead atoms. The van der Waals surface area contributed by atoms with Gasteiger partial charge in [0.1, 0.15) is 0 Å². The summed E-state index contributed by atoms with van der Waals surface area (Å²) in [6, 6.07) is 0.409. The van der Waals surface area contributed by atoms with Crippen LogP contribution in [0.2, 0.25) is 0 Å². The number of nitrogens with one attached hydrogen (secondary N) is 1. The molecule has 0 radical (unpaired) electrons. The van der Waals surface area contributed by atoms with Gasteiger partial charge in [0.2, 0.25) is 5.91 Å². The van der Waals surface area contributed by atoms with Crippen molar-refractivity contribution in [3.05, 3.63) is 0 Å². The molecule has 2 aliphatic rings. The van der Waals surface area contributed by atoms with Gasteiger partial charge in [0.05, 0.1) is 12.1 Å². The maximum absolute atomic E-state index is 12.4. The van der Waals surface area contributed by atoms with Gasteiger partial charge in [-0.15, -0.1) is 0 Å². The fourth-order valence-corrected chi connectivity index (χ4v) is 3.14. The smallest absolute Gasteiger partial charge is 0.239 e. The monoisotopic (exact) mass is 254 g/mol. The standard InChI is InChI=1S/C14H26N2O2/c1-16(11-7-5-3-4-6-8-11)14(17)13-9-12(18-2)10-15-13/h11-13,15H,3-10H2,1-2H3. The molecule has 0 aromatic rings. The summed E-state index contributed by atoms with van der Waals surface area (Å²) in [6.07, 6.45) is 8.53. The predicted octanol–water partition coefficient (Wildman–Crippen LogP) is 1.54. The highest BCUT2D eigenvalue weighted by molar-refractivity contribution is 5.82. The summed E-state index contributed by atoms with van der Waals surface area (Å²) in [5.74, 6) is 0.251. The van der Waals surface area contributed by atoms with E-state index in [0.717, 1.165) is 13.0 Å². The minimum Gasteiger partial charge on any atom is -0.380 e. The SMILES string of the molecule is COC1CNC(C(=O)N(C)C2CCCCCC2)C1. The van der Waals surface area contributed by atoms with E-state index in [1.807, 2.05) is 11.9 Å². The maximum atomic E-state index is 12.4. The first kappa shape index (κ1) is 13.8. The van der Waals surface area contributed by atoms with Crippen LogP contribution in [0.5, 0.6) is 0 Å². The van der Waals surface area contributed by atoms with E-state index >= 15 is 0 Å². The molecule has 1 saturated heterocycles. The summed E-state index contributed by atoms with van der Waals surface area (Å²) >= 11 is 0. The Morgan fingerprint density at radius 3 is 2.44 bits per heavy atom. The maximum Gasteiger partial charge on any atom is 0.239 e. The van der Waals surface area contributed by atoms with Crippen LogP contribution in [0.15, 0.2) is 0 Å². The third-order valence-corrected chi connectivity index (χ3v) is 4.44. The summed E-state index contributed by atoms with van der Waals surface area (Å²) < 4.78 is 5.30. The largest absolute Gasteiger partial charge is 0.380 e. The van der Waals surface area contributed by atoms with Crippen LogP contribution in [-0.4, -0.2) is 49.7 Å². The molecule has 1 amide bonds. The van der Waals surface area contributed by atoms with Crippen LogP contribution in [-0.2, 0) is 9.53 Å². The summed E-state index contributed by atoms with van der Waals surface area (Å²) in [5.41, 5.74) is 0. The average Bonchev–Trinajstić information content (AvgIpc) is 2.71. The van der Waals surface area contributed by atoms with Crippen LogP contribution in [0.4, 0.5) is 0 Å². The van der Waals surface area contributed by atoms with Gasteiger partial charge in [-0.2, -0.15) is 0 Å². The van der Waals surface area contributed by atoms with Crippen LogP contribution in [0.3, 0.4) is 0 Å². The summed E-state index contributed by atoms with van der Waals surface area (Å²) in [7, 11) is 3.69. The lowest BCUT2D eigenvalue weighted by atomic mass is 10.1. The molecule has 4 heteroatoms. The van der Waals surface area contributed by atoms with Crippen LogP contribution in [0.1, 0.15) is 44.9 Å². The van der Waals surface area contributed by atoms with Crippen LogP contribution < -0.4 is 5.32 Å². The van der Waals surface area contributed by atoms with Gasteiger partial charge < -0.3 is 15.0 Å². The van der Waals surface area contributed by atoms with Crippen molar-refractivity contribution in [3.8, 4) is 0 Å². The fourth-order valence-electron chi connectivity index (χ4n) is 3.14. The molecule has 104 valence electrons. The Balaban J connectivity index is 1.87. The Morgan fingerprint density at radius 1 is 1.22 bits per heavy atom. The highest BCUT2D eigenvalue weighted by Crippen LogP contribution is 2.22. The molecule has 1 saturated carbocycles.